The van der Waals surface area contributed by atoms with E-state index in [2.05, 4.69) is 9.97 Å². The third kappa shape index (κ3) is 4.17. The number of methoxy groups -OCH3 is 1. The third-order valence-electron chi connectivity index (χ3n) is 3.99. The van der Waals surface area contributed by atoms with Crippen LogP contribution in [0, 0.1) is 0 Å². The molecule has 136 valence electrons. The number of H-pyrrole nitrogens is 1. The van der Waals surface area contributed by atoms with Crippen LogP contribution < -0.4 is 9.47 Å². The molecule has 2 heterocycles. The van der Waals surface area contributed by atoms with E-state index < -0.39 is 0 Å². The van der Waals surface area contributed by atoms with E-state index in [1.54, 1.807) is 37.7 Å². The van der Waals surface area contributed by atoms with Crippen molar-refractivity contribution in [1.82, 2.24) is 9.97 Å². The monoisotopic (exact) mass is 378 g/mol. The molecule has 4 aromatic rings. The van der Waals surface area contributed by atoms with Gasteiger partial charge in [0.25, 0.3) is 0 Å². The summed E-state index contributed by atoms with van der Waals surface area (Å²) in [5.41, 5.74) is 1.96. The molecule has 0 fully saturated rings. The smallest absolute Gasteiger partial charge is 0.165 e. The number of hydrogen-bond acceptors (Lipinski definition) is 5. The van der Waals surface area contributed by atoms with Crippen LogP contribution in [0.3, 0.4) is 0 Å². The van der Waals surface area contributed by atoms with Crippen LogP contribution in [0.15, 0.2) is 87.6 Å². The lowest BCUT2D eigenvalue weighted by Crippen LogP contribution is -1.95. The van der Waals surface area contributed by atoms with Crippen molar-refractivity contribution in [1.29, 1.82) is 0 Å². The summed E-state index contributed by atoms with van der Waals surface area (Å²) >= 11 is 1.64. The largest absolute Gasteiger partial charge is 0.497 e. The van der Waals surface area contributed by atoms with Gasteiger partial charge in [0.15, 0.2) is 5.76 Å². The van der Waals surface area contributed by atoms with Crippen molar-refractivity contribution in [3.8, 4) is 23.0 Å². The highest BCUT2D eigenvalue weighted by atomic mass is 32.2. The van der Waals surface area contributed by atoms with E-state index in [1.165, 1.54) is 0 Å². The minimum Gasteiger partial charge on any atom is -0.497 e. The fourth-order valence-corrected chi connectivity index (χ4v) is 3.47. The molecule has 0 aliphatic carbocycles. The predicted molar refractivity (Wildman–Crippen MR) is 104 cm³/mol. The molecular weight excluding hydrogens is 360 g/mol. The first-order chi connectivity index (χ1) is 13.3. The number of aromatic nitrogens is 2. The first kappa shape index (κ1) is 17.3. The van der Waals surface area contributed by atoms with Crippen molar-refractivity contribution in [2.75, 3.05) is 7.11 Å². The minimum atomic E-state index is 0.516. The summed E-state index contributed by atoms with van der Waals surface area (Å²) in [4.78, 5) is 9.25. The molecule has 2 aromatic carbocycles. The Hall–Kier alpha value is -3.12. The fourth-order valence-electron chi connectivity index (χ4n) is 2.57. The second kappa shape index (κ2) is 8.05. The van der Waals surface area contributed by atoms with Crippen LogP contribution in [0.4, 0.5) is 0 Å². The molecule has 0 saturated heterocycles. The maximum atomic E-state index is 5.86. The summed E-state index contributed by atoms with van der Waals surface area (Å²) in [5.74, 6) is 2.46. The highest BCUT2D eigenvalue weighted by molar-refractivity contribution is 7.99. The van der Waals surface area contributed by atoms with E-state index in [4.69, 9.17) is 13.9 Å². The summed E-state index contributed by atoms with van der Waals surface area (Å²) < 4.78 is 16.6. The zero-order chi connectivity index (χ0) is 18.5. The minimum absolute atomic E-state index is 0.516. The lowest BCUT2D eigenvalue weighted by atomic mass is 10.2. The summed E-state index contributed by atoms with van der Waals surface area (Å²) in [6, 6.07) is 17.8. The van der Waals surface area contributed by atoms with Crippen LogP contribution in [0.5, 0.6) is 11.5 Å². The SMILES string of the molecule is COc1ccc(COc2ccc(Sc3ccoc3-c3cnc[nH]3)cc2)cc1. The van der Waals surface area contributed by atoms with E-state index in [1.807, 2.05) is 54.6 Å². The van der Waals surface area contributed by atoms with Gasteiger partial charge in [-0.05, 0) is 48.0 Å². The lowest BCUT2D eigenvalue weighted by Gasteiger charge is -2.08. The average molecular weight is 378 g/mol. The Morgan fingerprint density at radius 2 is 1.78 bits per heavy atom. The molecule has 27 heavy (non-hydrogen) atoms. The summed E-state index contributed by atoms with van der Waals surface area (Å²) in [6.07, 6.45) is 5.07. The Kier molecular flexibility index (Phi) is 5.16. The molecule has 0 unspecified atom stereocenters. The van der Waals surface area contributed by atoms with Gasteiger partial charge in [0.05, 0.1) is 30.8 Å². The normalized spacial score (nSPS) is 10.7. The molecule has 0 aliphatic rings. The Bertz CT molecular complexity index is 977. The van der Waals surface area contributed by atoms with E-state index in [9.17, 15) is 0 Å². The average Bonchev–Trinajstić information content (AvgIpc) is 3.39. The van der Waals surface area contributed by atoms with Gasteiger partial charge in [-0.1, -0.05) is 23.9 Å². The van der Waals surface area contributed by atoms with Crippen molar-refractivity contribution in [2.45, 2.75) is 16.4 Å². The van der Waals surface area contributed by atoms with Gasteiger partial charge >= 0.3 is 0 Å². The van der Waals surface area contributed by atoms with Gasteiger partial charge in [0.1, 0.15) is 23.8 Å². The molecule has 2 aromatic heterocycles. The van der Waals surface area contributed by atoms with Gasteiger partial charge in [-0.15, -0.1) is 0 Å². The lowest BCUT2D eigenvalue weighted by molar-refractivity contribution is 0.306. The van der Waals surface area contributed by atoms with Gasteiger partial charge < -0.3 is 18.9 Å². The summed E-state index contributed by atoms with van der Waals surface area (Å²) in [6.45, 7) is 0.516. The van der Waals surface area contributed by atoms with E-state index in [-0.39, 0.29) is 0 Å². The molecule has 0 saturated carbocycles. The molecule has 0 radical (unpaired) electrons. The van der Waals surface area contributed by atoms with Crippen LogP contribution in [0.1, 0.15) is 5.56 Å². The number of aromatic amines is 1. The molecule has 1 N–H and O–H groups in total. The van der Waals surface area contributed by atoms with E-state index in [0.717, 1.165) is 38.3 Å². The quantitative estimate of drug-likeness (QED) is 0.466. The van der Waals surface area contributed by atoms with Crippen LogP contribution in [-0.4, -0.2) is 17.1 Å². The van der Waals surface area contributed by atoms with Gasteiger partial charge in [-0.2, -0.15) is 0 Å². The molecule has 0 aliphatic heterocycles. The first-order valence-corrected chi connectivity index (χ1v) is 9.23. The molecule has 5 nitrogen and oxygen atoms in total. The zero-order valence-corrected chi connectivity index (χ0v) is 15.5. The molecule has 0 bridgehead atoms. The number of nitrogens with one attached hydrogen (secondary N) is 1. The van der Waals surface area contributed by atoms with Crippen molar-refractivity contribution in [3.63, 3.8) is 0 Å². The Balaban J connectivity index is 1.38. The number of ether oxygens (including phenoxy) is 2. The third-order valence-corrected chi connectivity index (χ3v) is 5.04. The number of furan rings is 1. The summed E-state index contributed by atoms with van der Waals surface area (Å²) in [5, 5.41) is 0. The highest BCUT2D eigenvalue weighted by Gasteiger charge is 2.11. The number of rotatable bonds is 7. The van der Waals surface area contributed by atoms with Crippen molar-refractivity contribution in [2.24, 2.45) is 0 Å². The zero-order valence-electron chi connectivity index (χ0n) is 14.7. The van der Waals surface area contributed by atoms with Crippen LogP contribution in [0.25, 0.3) is 11.5 Å². The molecule has 0 amide bonds. The van der Waals surface area contributed by atoms with Gasteiger partial charge in [0, 0.05) is 4.90 Å². The number of benzene rings is 2. The van der Waals surface area contributed by atoms with Crippen molar-refractivity contribution >= 4 is 11.8 Å². The van der Waals surface area contributed by atoms with Gasteiger partial charge in [-0.25, -0.2) is 4.98 Å². The molecular formula is C21H18N2O3S. The standard InChI is InChI=1S/C21H18N2O3S/c1-24-16-4-2-15(3-5-16)13-26-17-6-8-18(9-7-17)27-20-10-11-25-21(20)19-12-22-14-23-19/h2-12,14H,13H2,1H3,(H,22,23). The van der Waals surface area contributed by atoms with Crippen molar-refractivity contribution < 1.29 is 13.9 Å². The molecule has 4 rings (SSSR count). The topological polar surface area (TPSA) is 60.3 Å². The molecule has 0 atom stereocenters. The van der Waals surface area contributed by atoms with Gasteiger partial charge in [0.2, 0.25) is 0 Å². The Labute approximate surface area is 161 Å². The first-order valence-electron chi connectivity index (χ1n) is 8.42. The second-order valence-corrected chi connectivity index (χ2v) is 6.90. The Morgan fingerprint density at radius 1 is 1.00 bits per heavy atom. The summed E-state index contributed by atoms with van der Waals surface area (Å²) in [7, 11) is 1.66. The fraction of sp³-hybridized carbons (Fsp3) is 0.0952. The van der Waals surface area contributed by atoms with E-state index >= 15 is 0 Å². The number of hydrogen-bond donors (Lipinski definition) is 1. The second-order valence-electron chi connectivity index (χ2n) is 5.79. The molecule has 0 spiro atoms. The number of nitrogens with zero attached hydrogens (tertiary/aromatic N) is 1. The van der Waals surface area contributed by atoms with E-state index in [0.29, 0.717) is 6.61 Å². The predicted octanol–water partition coefficient (Wildman–Crippen LogP) is 5.41. The Morgan fingerprint density at radius 3 is 2.48 bits per heavy atom. The van der Waals surface area contributed by atoms with Crippen molar-refractivity contribution in [3.05, 3.63) is 78.9 Å². The van der Waals surface area contributed by atoms with Gasteiger partial charge in [-0.3, -0.25) is 0 Å². The van der Waals surface area contributed by atoms with Crippen LogP contribution >= 0.6 is 11.8 Å². The van der Waals surface area contributed by atoms with Crippen LogP contribution in [0.2, 0.25) is 0 Å². The maximum absolute atomic E-state index is 5.86. The number of imidazole rings is 1. The molecule has 6 heteroatoms. The van der Waals surface area contributed by atoms with Crippen LogP contribution in [-0.2, 0) is 6.61 Å². The maximum Gasteiger partial charge on any atom is 0.165 e. The highest BCUT2D eigenvalue weighted by Crippen LogP contribution is 2.36.